The largest absolute Gasteiger partial charge is 0.378 e. The molecule has 3 heteroatoms. The Kier molecular flexibility index (Phi) is 4.94. The van der Waals surface area contributed by atoms with Gasteiger partial charge in [-0.05, 0) is 50.8 Å². The van der Waals surface area contributed by atoms with Crippen LogP contribution in [-0.4, -0.2) is 30.3 Å². The highest BCUT2D eigenvalue weighted by Crippen LogP contribution is 2.39. The fourth-order valence-corrected chi connectivity index (χ4v) is 2.89. The Morgan fingerprint density at radius 2 is 2.21 bits per heavy atom. The van der Waals surface area contributed by atoms with Crippen molar-refractivity contribution in [3.05, 3.63) is 29.6 Å². The predicted molar refractivity (Wildman–Crippen MR) is 78.4 cm³/mol. The monoisotopic (exact) mass is 262 g/mol. The van der Waals surface area contributed by atoms with E-state index >= 15 is 0 Å². The molecule has 0 bridgehead atoms. The molecule has 1 N–H and O–H groups in total. The molecule has 1 aliphatic rings. The molecule has 0 aliphatic heterocycles. The number of aryl methyl sites for hydroxylation is 1. The quantitative estimate of drug-likeness (QED) is 0.820. The van der Waals surface area contributed by atoms with E-state index in [9.17, 15) is 0 Å². The lowest BCUT2D eigenvalue weighted by Gasteiger charge is -2.43. The second-order valence-corrected chi connectivity index (χ2v) is 5.73. The highest BCUT2D eigenvalue weighted by molar-refractivity contribution is 5.13. The maximum atomic E-state index is 5.75. The molecule has 0 saturated heterocycles. The average Bonchev–Trinajstić information content (AvgIpc) is 2.37. The molecule has 1 aromatic heterocycles. The summed E-state index contributed by atoms with van der Waals surface area (Å²) in [5, 5.41) is 3.58. The third-order valence-corrected chi connectivity index (χ3v) is 4.24. The van der Waals surface area contributed by atoms with E-state index in [4.69, 9.17) is 4.74 Å². The molecule has 1 fully saturated rings. The Morgan fingerprint density at radius 3 is 2.68 bits per heavy atom. The highest BCUT2D eigenvalue weighted by Gasteiger charge is 2.38. The minimum Gasteiger partial charge on any atom is -0.378 e. The van der Waals surface area contributed by atoms with Crippen LogP contribution >= 0.6 is 0 Å². The Morgan fingerprint density at radius 1 is 1.42 bits per heavy atom. The van der Waals surface area contributed by atoms with Crippen LogP contribution in [0.2, 0.25) is 0 Å². The van der Waals surface area contributed by atoms with Gasteiger partial charge in [-0.1, -0.05) is 13.0 Å². The number of likely N-dealkylation sites (N-methyl/N-ethyl adjacent to an activating group) is 1. The van der Waals surface area contributed by atoms with Crippen LogP contribution in [0.3, 0.4) is 0 Å². The first-order valence-electron chi connectivity index (χ1n) is 7.37. The number of ether oxygens (including phenoxy) is 1. The number of hydrogen-bond acceptors (Lipinski definition) is 3. The van der Waals surface area contributed by atoms with Crippen molar-refractivity contribution in [1.29, 1.82) is 0 Å². The summed E-state index contributed by atoms with van der Waals surface area (Å²) >= 11 is 0. The molecular weight excluding hydrogens is 236 g/mol. The van der Waals surface area contributed by atoms with Gasteiger partial charge in [0.05, 0.1) is 5.60 Å². The van der Waals surface area contributed by atoms with Crippen molar-refractivity contribution in [2.75, 3.05) is 13.7 Å². The summed E-state index contributed by atoms with van der Waals surface area (Å²) in [6.45, 7) is 5.24. The topological polar surface area (TPSA) is 34.2 Å². The normalized spacial score (nSPS) is 18.9. The molecule has 1 saturated carbocycles. The Bertz CT molecular complexity index is 379. The van der Waals surface area contributed by atoms with Gasteiger partial charge in [-0.15, -0.1) is 0 Å². The number of nitrogens with one attached hydrogen (secondary N) is 1. The lowest BCUT2D eigenvalue weighted by atomic mass is 9.75. The Labute approximate surface area is 116 Å². The van der Waals surface area contributed by atoms with E-state index in [0.29, 0.717) is 6.04 Å². The van der Waals surface area contributed by atoms with Crippen molar-refractivity contribution in [1.82, 2.24) is 10.3 Å². The van der Waals surface area contributed by atoms with Crippen LogP contribution in [0, 0.1) is 6.92 Å². The molecule has 1 atom stereocenters. The molecule has 0 radical (unpaired) electrons. The number of nitrogens with zero attached hydrogens (tertiary/aromatic N) is 1. The lowest BCUT2D eigenvalue weighted by Crippen LogP contribution is -2.46. The third-order valence-electron chi connectivity index (χ3n) is 4.24. The maximum absolute atomic E-state index is 5.75. The van der Waals surface area contributed by atoms with E-state index < -0.39 is 0 Å². The number of pyridine rings is 1. The first kappa shape index (κ1) is 14.5. The maximum Gasteiger partial charge on any atom is 0.0693 e. The number of hydrogen-bond donors (Lipinski definition) is 1. The molecule has 0 aromatic carbocycles. The highest BCUT2D eigenvalue weighted by atomic mass is 16.5. The molecule has 1 heterocycles. The van der Waals surface area contributed by atoms with Crippen LogP contribution in [0.15, 0.2) is 18.3 Å². The summed E-state index contributed by atoms with van der Waals surface area (Å²) in [5.74, 6) is 0. The van der Waals surface area contributed by atoms with Crippen molar-refractivity contribution in [3.8, 4) is 0 Å². The fourth-order valence-electron chi connectivity index (χ4n) is 2.89. The van der Waals surface area contributed by atoms with Crippen LogP contribution in [-0.2, 0) is 11.2 Å². The number of aromatic nitrogens is 1. The zero-order chi connectivity index (χ0) is 13.7. The van der Waals surface area contributed by atoms with E-state index in [1.807, 2.05) is 13.3 Å². The smallest absolute Gasteiger partial charge is 0.0693 e. The van der Waals surface area contributed by atoms with Gasteiger partial charge in [0.15, 0.2) is 0 Å². The molecule has 1 aromatic rings. The van der Waals surface area contributed by atoms with Crippen LogP contribution in [0.4, 0.5) is 0 Å². The standard InChI is InChI=1S/C16H26N2O/c1-4-17-15(11-16(19-3)8-5-9-16)10-14-7-6-13(2)12-18-14/h6-7,12,15,17H,4-5,8-11H2,1-3H3. The summed E-state index contributed by atoms with van der Waals surface area (Å²) in [6, 6.07) is 4.74. The van der Waals surface area contributed by atoms with E-state index in [-0.39, 0.29) is 5.60 Å². The average molecular weight is 262 g/mol. The molecular formula is C16H26N2O. The SMILES string of the molecule is CCNC(Cc1ccc(C)cn1)CC1(OC)CCC1. The van der Waals surface area contributed by atoms with Crippen molar-refractivity contribution in [2.24, 2.45) is 0 Å². The first-order valence-corrected chi connectivity index (χ1v) is 7.37. The van der Waals surface area contributed by atoms with Gasteiger partial charge in [0.1, 0.15) is 0 Å². The van der Waals surface area contributed by atoms with Crippen molar-refractivity contribution in [3.63, 3.8) is 0 Å². The summed E-state index contributed by atoms with van der Waals surface area (Å²) in [6.07, 6.45) is 7.73. The molecule has 106 valence electrons. The van der Waals surface area contributed by atoms with Crippen LogP contribution < -0.4 is 5.32 Å². The van der Waals surface area contributed by atoms with Crippen LogP contribution in [0.5, 0.6) is 0 Å². The second-order valence-electron chi connectivity index (χ2n) is 5.73. The van der Waals surface area contributed by atoms with E-state index in [2.05, 4.69) is 36.3 Å². The lowest BCUT2D eigenvalue weighted by molar-refractivity contribution is -0.0833. The van der Waals surface area contributed by atoms with Gasteiger partial charge in [0.25, 0.3) is 0 Å². The van der Waals surface area contributed by atoms with Gasteiger partial charge < -0.3 is 10.1 Å². The van der Waals surface area contributed by atoms with Crippen LogP contribution in [0.25, 0.3) is 0 Å². The van der Waals surface area contributed by atoms with Gasteiger partial charge in [-0.3, -0.25) is 4.98 Å². The minimum absolute atomic E-state index is 0.123. The molecule has 2 rings (SSSR count). The zero-order valence-electron chi connectivity index (χ0n) is 12.4. The Balaban J connectivity index is 1.97. The molecule has 3 nitrogen and oxygen atoms in total. The van der Waals surface area contributed by atoms with Gasteiger partial charge in [-0.2, -0.15) is 0 Å². The van der Waals surface area contributed by atoms with E-state index in [0.717, 1.165) is 19.4 Å². The van der Waals surface area contributed by atoms with Crippen molar-refractivity contribution >= 4 is 0 Å². The zero-order valence-corrected chi connectivity index (χ0v) is 12.4. The van der Waals surface area contributed by atoms with E-state index in [1.54, 1.807) is 0 Å². The number of rotatable bonds is 7. The molecule has 19 heavy (non-hydrogen) atoms. The van der Waals surface area contributed by atoms with Gasteiger partial charge in [0.2, 0.25) is 0 Å². The number of methoxy groups -OCH3 is 1. The second kappa shape index (κ2) is 6.49. The molecule has 0 spiro atoms. The molecule has 1 unspecified atom stereocenters. The summed E-state index contributed by atoms with van der Waals surface area (Å²) in [5.41, 5.74) is 2.51. The first-order chi connectivity index (χ1) is 9.17. The fraction of sp³-hybridized carbons (Fsp3) is 0.688. The van der Waals surface area contributed by atoms with E-state index in [1.165, 1.54) is 30.5 Å². The third kappa shape index (κ3) is 3.77. The summed E-state index contributed by atoms with van der Waals surface area (Å²) in [4.78, 5) is 4.52. The Hall–Kier alpha value is -0.930. The molecule has 1 aliphatic carbocycles. The summed E-state index contributed by atoms with van der Waals surface area (Å²) in [7, 11) is 1.85. The summed E-state index contributed by atoms with van der Waals surface area (Å²) < 4.78 is 5.75. The van der Waals surface area contributed by atoms with Gasteiger partial charge in [0, 0.05) is 31.5 Å². The van der Waals surface area contributed by atoms with Crippen molar-refractivity contribution in [2.45, 2.75) is 57.6 Å². The van der Waals surface area contributed by atoms with Gasteiger partial charge in [-0.25, -0.2) is 0 Å². The van der Waals surface area contributed by atoms with Crippen LogP contribution in [0.1, 0.15) is 43.9 Å². The minimum atomic E-state index is 0.123. The molecule has 0 amide bonds. The van der Waals surface area contributed by atoms with Crippen molar-refractivity contribution < 1.29 is 4.74 Å². The van der Waals surface area contributed by atoms with Gasteiger partial charge >= 0.3 is 0 Å². The predicted octanol–water partition coefficient (Wildman–Crippen LogP) is 2.87.